The number of aryl methyl sites for hydroxylation is 1. The van der Waals surface area contributed by atoms with Crippen LogP contribution in [0.4, 0.5) is 0 Å². The highest BCUT2D eigenvalue weighted by atomic mass is 35.5. The van der Waals surface area contributed by atoms with Gasteiger partial charge in [0.2, 0.25) is 0 Å². The summed E-state index contributed by atoms with van der Waals surface area (Å²) in [6.45, 7) is 4.27. The normalized spacial score (nSPS) is 10.5. The zero-order valence-electron chi connectivity index (χ0n) is 8.64. The quantitative estimate of drug-likeness (QED) is 0.759. The first-order chi connectivity index (χ1) is 6.74. The van der Waals surface area contributed by atoms with Gasteiger partial charge in [-0.3, -0.25) is 0 Å². The summed E-state index contributed by atoms with van der Waals surface area (Å²) >= 11 is 5.91. The molecule has 0 amide bonds. The molecule has 0 heterocycles. The van der Waals surface area contributed by atoms with E-state index in [1.54, 1.807) is 0 Å². The van der Waals surface area contributed by atoms with Crippen molar-refractivity contribution in [1.82, 2.24) is 5.32 Å². The van der Waals surface area contributed by atoms with Crippen molar-refractivity contribution in [2.45, 2.75) is 13.5 Å². The van der Waals surface area contributed by atoms with Crippen molar-refractivity contribution in [2.75, 3.05) is 20.2 Å². The lowest BCUT2D eigenvalue weighted by atomic mass is 10.1. The maximum absolute atomic E-state index is 5.91. The molecule has 2 nitrogen and oxygen atoms in total. The van der Waals surface area contributed by atoms with Crippen molar-refractivity contribution >= 4 is 11.6 Å². The Bertz CT molecular complexity index is 289. The molecule has 0 bridgehead atoms. The fourth-order valence-corrected chi connectivity index (χ4v) is 1.28. The molecule has 0 fully saturated rings. The van der Waals surface area contributed by atoms with E-state index >= 15 is 0 Å². The molecule has 0 saturated heterocycles. The van der Waals surface area contributed by atoms with Gasteiger partial charge in [-0.1, -0.05) is 23.7 Å². The average Bonchev–Trinajstić information content (AvgIpc) is 2.18. The lowest BCUT2D eigenvalue weighted by Gasteiger charge is -2.05. The molecule has 0 radical (unpaired) electrons. The van der Waals surface area contributed by atoms with Crippen LogP contribution in [-0.2, 0) is 11.3 Å². The standard InChI is InChI=1S/C11H16ClNO/c1-9-7-10(3-4-11(9)12)8-14-6-5-13-2/h3-4,7,13H,5-6,8H2,1-2H3. The molecular weight excluding hydrogens is 198 g/mol. The molecule has 0 unspecified atom stereocenters. The van der Waals surface area contributed by atoms with E-state index in [4.69, 9.17) is 16.3 Å². The Balaban J connectivity index is 2.39. The predicted octanol–water partition coefficient (Wildman–Crippen LogP) is 2.38. The van der Waals surface area contributed by atoms with Crippen LogP contribution >= 0.6 is 11.6 Å². The highest BCUT2D eigenvalue weighted by Gasteiger charge is 1.97. The van der Waals surface area contributed by atoms with E-state index in [2.05, 4.69) is 11.4 Å². The lowest BCUT2D eigenvalue weighted by Crippen LogP contribution is -2.14. The highest BCUT2D eigenvalue weighted by molar-refractivity contribution is 6.31. The molecule has 0 aliphatic carbocycles. The molecule has 0 aliphatic heterocycles. The molecule has 1 N–H and O–H groups in total. The van der Waals surface area contributed by atoms with Gasteiger partial charge in [0.05, 0.1) is 13.2 Å². The second-order valence-electron chi connectivity index (χ2n) is 3.24. The van der Waals surface area contributed by atoms with Crippen molar-refractivity contribution in [1.29, 1.82) is 0 Å². The summed E-state index contributed by atoms with van der Waals surface area (Å²) in [7, 11) is 1.91. The van der Waals surface area contributed by atoms with Gasteiger partial charge in [-0.2, -0.15) is 0 Å². The summed E-state index contributed by atoms with van der Waals surface area (Å²) in [5, 5.41) is 3.84. The fourth-order valence-electron chi connectivity index (χ4n) is 1.16. The summed E-state index contributed by atoms with van der Waals surface area (Å²) in [6, 6.07) is 5.96. The van der Waals surface area contributed by atoms with Gasteiger partial charge in [-0.05, 0) is 31.2 Å². The molecule has 0 aromatic heterocycles. The number of likely N-dealkylation sites (N-methyl/N-ethyl adjacent to an activating group) is 1. The van der Waals surface area contributed by atoms with Crippen LogP contribution in [0.5, 0.6) is 0 Å². The molecule has 1 rings (SSSR count). The minimum atomic E-state index is 0.652. The van der Waals surface area contributed by atoms with E-state index in [1.807, 2.05) is 26.1 Å². The number of hydrogen-bond donors (Lipinski definition) is 1. The smallest absolute Gasteiger partial charge is 0.0717 e. The highest BCUT2D eigenvalue weighted by Crippen LogP contribution is 2.16. The van der Waals surface area contributed by atoms with Gasteiger partial charge in [0.1, 0.15) is 0 Å². The van der Waals surface area contributed by atoms with Crippen LogP contribution in [0, 0.1) is 6.92 Å². The molecule has 0 saturated carbocycles. The minimum absolute atomic E-state index is 0.652. The van der Waals surface area contributed by atoms with E-state index in [1.165, 1.54) is 5.56 Å². The number of ether oxygens (including phenoxy) is 1. The van der Waals surface area contributed by atoms with Gasteiger partial charge in [0, 0.05) is 11.6 Å². The van der Waals surface area contributed by atoms with Crippen molar-refractivity contribution in [2.24, 2.45) is 0 Å². The Kier molecular flexibility index (Phi) is 4.94. The molecule has 0 atom stereocenters. The van der Waals surface area contributed by atoms with Gasteiger partial charge in [0.15, 0.2) is 0 Å². The van der Waals surface area contributed by atoms with Crippen LogP contribution in [0.2, 0.25) is 5.02 Å². The maximum Gasteiger partial charge on any atom is 0.0717 e. The van der Waals surface area contributed by atoms with Crippen LogP contribution in [0.1, 0.15) is 11.1 Å². The van der Waals surface area contributed by atoms with E-state index < -0.39 is 0 Å². The van der Waals surface area contributed by atoms with Crippen molar-refractivity contribution < 1.29 is 4.74 Å². The van der Waals surface area contributed by atoms with Crippen LogP contribution in [0.15, 0.2) is 18.2 Å². The van der Waals surface area contributed by atoms with Gasteiger partial charge in [-0.25, -0.2) is 0 Å². The molecule has 78 valence electrons. The first kappa shape index (κ1) is 11.5. The van der Waals surface area contributed by atoms with Gasteiger partial charge in [0.25, 0.3) is 0 Å². The lowest BCUT2D eigenvalue weighted by molar-refractivity contribution is 0.124. The van der Waals surface area contributed by atoms with E-state index in [-0.39, 0.29) is 0 Å². The second-order valence-corrected chi connectivity index (χ2v) is 3.65. The zero-order chi connectivity index (χ0) is 10.4. The first-order valence-corrected chi connectivity index (χ1v) is 5.09. The number of halogens is 1. The van der Waals surface area contributed by atoms with Crippen LogP contribution in [-0.4, -0.2) is 20.2 Å². The maximum atomic E-state index is 5.91. The SMILES string of the molecule is CNCCOCc1ccc(Cl)c(C)c1. The topological polar surface area (TPSA) is 21.3 Å². The predicted molar refractivity (Wildman–Crippen MR) is 59.8 cm³/mol. The largest absolute Gasteiger partial charge is 0.375 e. The number of nitrogens with one attached hydrogen (secondary N) is 1. The summed E-state index contributed by atoms with van der Waals surface area (Å²) in [6.07, 6.45) is 0. The van der Waals surface area contributed by atoms with Gasteiger partial charge < -0.3 is 10.1 Å². The Hall–Kier alpha value is -0.570. The van der Waals surface area contributed by atoms with E-state index in [0.717, 1.165) is 23.7 Å². The Morgan fingerprint density at radius 1 is 1.43 bits per heavy atom. The molecule has 14 heavy (non-hydrogen) atoms. The van der Waals surface area contributed by atoms with E-state index in [9.17, 15) is 0 Å². The Labute approximate surface area is 90.2 Å². The third-order valence-corrected chi connectivity index (χ3v) is 2.41. The van der Waals surface area contributed by atoms with Crippen LogP contribution in [0.3, 0.4) is 0 Å². The average molecular weight is 214 g/mol. The third kappa shape index (κ3) is 3.66. The summed E-state index contributed by atoms with van der Waals surface area (Å²) < 4.78 is 5.45. The van der Waals surface area contributed by atoms with E-state index in [0.29, 0.717) is 6.61 Å². The van der Waals surface area contributed by atoms with Gasteiger partial charge in [-0.15, -0.1) is 0 Å². The third-order valence-electron chi connectivity index (χ3n) is 1.99. The van der Waals surface area contributed by atoms with Crippen LogP contribution in [0.25, 0.3) is 0 Å². The number of benzene rings is 1. The van der Waals surface area contributed by atoms with Crippen molar-refractivity contribution in [3.8, 4) is 0 Å². The molecule has 3 heteroatoms. The first-order valence-electron chi connectivity index (χ1n) is 4.71. The Morgan fingerprint density at radius 3 is 2.86 bits per heavy atom. The summed E-state index contributed by atoms with van der Waals surface area (Å²) in [5.74, 6) is 0. The van der Waals surface area contributed by atoms with Crippen LogP contribution < -0.4 is 5.32 Å². The summed E-state index contributed by atoms with van der Waals surface area (Å²) in [4.78, 5) is 0. The zero-order valence-corrected chi connectivity index (χ0v) is 9.40. The Morgan fingerprint density at radius 2 is 2.21 bits per heavy atom. The van der Waals surface area contributed by atoms with Gasteiger partial charge >= 0.3 is 0 Å². The van der Waals surface area contributed by atoms with Crippen molar-refractivity contribution in [3.05, 3.63) is 34.3 Å². The number of hydrogen-bond acceptors (Lipinski definition) is 2. The molecule has 0 aliphatic rings. The molecular formula is C11H16ClNO. The summed E-state index contributed by atoms with van der Waals surface area (Å²) in [5.41, 5.74) is 2.27. The molecule has 0 spiro atoms. The second kappa shape index (κ2) is 6.02. The number of rotatable bonds is 5. The van der Waals surface area contributed by atoms with Crippen molar-refractivity contribution in [3.63, 3.8) is 0 Å². The molecule has 1 aromatic carbocycles. The fraction of sp³-hybridized carbons (Fsp3) is 0.455. The molecule has 1 aromatic rings. The monoisotopic (exact) mass is 213 g/mol. The minimum Gasteiger partial charge on any atom is -0.375 e.